The third-order valence-corrected chi connectivity index (χ3v) is 3.51. The predicted molar refractivity (Wildman–Crippen MR) is 66.4 cm³/mol. The van der Waals surface area contributed by atoms with Crippen molar-refractivity contribution in [2.75, 3.05) is 0 Å². The zero-order valence-electron chi connectivity index (χ0n) is 10.6. The first-order valence-corrected chi connectivity index (χ1v) is 6.44. The van der Waals surface area contributed by atoms with E-state index in [1.54, 1.807) is 0 Å². The van der Waals surface area contributed by atoms with Crippen molar-refractivity contribution in [3.05, 3.63) is 17.5 Å². The molecule has 0 aromatic carbocycles. The smallest absolute Gasteiger partial charge is 0.0792 e. The van der Waals surface area contributed by atoms with Crippen LogP contribution in [0, 0.1) is 0 Å². The van der Waals surface area contributed by atoms with E-state index in [2.05, 4.69) is 29.7 Å². The van der Waals surface area contributed by atoms with E-state index in [0.717, 1.165) is 5.69 Å². The van der Waals surface area contributed by atoms with Crippen molar-refractivity contribution in [3.63, 3.8) is 0 Å². The van der Waals surface area contributed by atoms with Crippen LogP contribution in [0.15, 0.2) is 6.07 Å². The van der Waals surface area contributed by atoms with Crippen LogP contribution in [0.3, 0.4) is 0 Å². The summed E-state index contributed by atoms with van der Waals surface area (Å²) in [5, 5.41) is 4.65. The average Bonchev–Trinajstić information content (AvgIpc) is 2.86. The molecule has 1 saturated carbocycles. The second-order valence-corrected chi connectivity index (χ2v) is 5.30. The SMILES string of the molecule is CC(N)c1cc(C2CCCC2)n(C(C)C)n1. The highest BCUT2D eigenvalue weighted by Gasteiger charge is 2.23. The van der Waals surface area contributed by atoms with Gasteiger partial charge >= 0.3 is 0 Å². The largest absolute Gasteiger partial charge is 0.323 e. The summed E-state index contributed by atoms with van der Waals surface area (Å²) >= 11 is 0. The molecule has 2 N–H and O–H groups in total. The van der Waals surface area contributed by atoms with Crippen molar-refractivity contribution < 1.29 is 0 Å². The van der Waals surface area contributed by atoms with E-state index in [-0.39, 0.29) is 6.04 Å². The predicted octanol–water partition coefficient (Wildman–Crippen LogP) is 3.14. The molecule has 3 heteroatoms. The topological polar surface area (TPSA) is 43.8 Å². The summed E-state index contributed by atoms with van der Waals surface area (Å²) in [7, 11) is 0. The number of hydrogen-bond acceptors (Lipinski definition) is 2. The van der Waals surface area contributed by atoms with Crippen LogP contribution in [-0.2, 0) is 0 Å². The average molecular weight is 221 g/mol. The van der Waals surface area contributed by atoms with Gasteiger partial charge in [-0.15, -0.1) is 0 Å². The van der Waals surface area contributed by atoms with Crippen molar-refractivity contribution in [2.45, 2.75) is 64.5 Å². The molecule has 1 fully saturated rings. The number of nitrogens with zero attached hydrogens (tertiary/aromatic N) is 2. The summed E-state index contributed by atoms with van der Waals surface area (Å²) in [6.07, 6.45) is 5.36. The Labute approximate surface area is 98.0 Å². The molecule has 3 nitrogen and oxygen atoms in total. The van der Waals surface area contributed by atoms with Crippen LogP contribution in [-0.4, -0.2) is 9.78 Å². The Balaban J connectivity index is 2.33. The molecule has 1 aromatic rings. The molecule has 1 aliphatic rings. The van der Waals surface area contributed by atoms with E-state index in [4.69, 9.17) is 5.73 Å². The minimum atomic E-state index is 0.0418. The zero-order chi connectivity index (χ0) is 11.7. The Morgan fingerprint density at radius 3 is 2.44 bits per heavy atom. The quantitative estimate of drug-likeness (QED) is 0.852. The van der Waals surface area contributed by atoms with Crippen LogP contribution in [0.25, 0.3) is 0 Å². The summed E-state index contributed by atoms with van der Waals surface area (Å²) in [6.45, 7) is 6.39. The van der Waals surface area contributed by atoms with Crippen LogP contribution in [0.4, 0.5) is 0 Å². The van der Waals surface area contributed by atoms with Gasteiger partial charge in [-0.3, -0.25) is 4.68 Å². The molecule has 0 saturated heterocycles. The van der Waals surface area contributed by atoms with E-state index >= 15 is 0 Å². The molecule has 90 valence electrons. The van der Waals surface area contributed by atoms with Crippen LogP contribution in [0.5, 0.6) is 0 Å². The molecule has 1 heterocycles. The van der Waals surface area contributed by atoms with Crippen LogP contribution in [0.2, 0.25) is 0 Å². The molecular formula is C13H23N3. The van der Waals surface area contributed by atoms with E-state index in [1.807, 2.05) is 6.92 Å². The van der Waals surface area contributed by atoms with Gasteiger partial charge in [0, 0.05) is 23.7 Å². The maximum Gasteiger partial charge on any atom is 0.0792 e. The van der Waals surface area contributed by atoms with E-state index in [0.29, 0.717) is 12.0 Å². The highest BCUT2D eigenvalue weighted by atomic mass is 15.3. The number of aromatic nitrogens is 2. The molecule has 0 bridgehead atoms. The standard InChI is InChI=1S/C13H23N3/c1-9(2)16-13(11-6-4-5-7-11)8-12(15-16)10(3)14/h8-11H,4-7,14H2,1-3H3. The van der Waals surface area contributed by atoms with Crippen LogP contribution in [0.1, 0.15) is 75.8 Å². The Kier molecular flexibility index (Phi) is 3.33. The van der Waals surface area contributed by atoms with Crippen LogP contribution >= 0.6 is 0 Å². The van der Waals surface area contributed by atoms with Gasteiger partial charge in [-0.1, -0.05) is 12.8 Å². The first-order valence-electron chi connectivity index (χ1n) is 6.44. The minimum absolute atomic E-state index is 0.0418. The molecule has 0 spiro atoms. The lowest BCUT2D eigenvalue weighted by atomic mass is 10.0. The third kappa shape index (κ3) is 2.14. The van der Waals surface area contributed by atoms with E-state index in [1.165, 1.54) is 31.4 Å². The van der Waals surface area contributed by atoms with Crippen molar-refractivity contribution in [3.8, 4) is 0 Å². The number of rotatable bonds is 3. The summed E-state index contributed by atoms with van der Waals surface area (Å²) < 4.78 is 2.18. The van der Waals surface area contributed by atoms with Gasteiger partial charge in [-0.2, -0.15) is 5.10 Å². The fourth-order valence-electron chi connectivity index (χ4n) is 2.59. The molecular weight excluding hydrogens is 198 g/mol. The Bertz CT molecular complexity index is 346. The third-order valence-electron chi connectivity index (χ3n) is 3.51. The molecule has 0 radical (unpaired) electrons. The van der Waals surface area contributed by atoms with Crippen molar-refractivity contribution in [1.29, 1.82) is 0 Å². The lowest BCUT2D eigenvalue weighted by Gasteiger charge is -2.15. The van der Waals surface area contributed by atoms with Crippen LogP contribution < -0.4 is 5.73 Å². The Hall–Kier alpha value is -0.830. The van der Waals surface area contributed by atoms with Gasteiger partial charge in [-0.25, -0.2) is 0 Å². The maximum absolute atomic E-state index is 5.92. The summed E-state index contributed by atoms with van der Waals surface area (Å²) in [4.78, 5) is 0. The van der Waals surface area contributed by atoms with Gasteiger partial charge in [0.15, 0.2) is 0 Å². The normalized spacial score (nSPS) is 19.6. The Morgan fingerprint density at radius 2 is 1.94 bits per heavy atom. The molecule has 0 amide bonds. The van der Waals surface area contributed by atoms with Gasteiger partial charge in [0.25, 0.3) is 0 Å². The molecule has 1 atom stereocenters. The minimum Gasteiger partial charge on any atom is -0.323 e. The summed E-state index contributed by atoms with van der Waals surface area (Å²) in [5.41, 5.74) is 8.36. The lowest BCUT2D eigenvalue weighted by Crippen LogP contribution is -2.11. The first kappa shape index (κ1) is 11.6. The molecule has 1 unspecified atom stereocenters. The molecule has 1 aromatic heterocycles. The second kappa shape index (κ2) is 4.58. The first-order chi connectivity index (χ1) is 7.59. The molecule has 1 aliphatic carbocycles. The van der Waals surface area contributed by atoms with Gasteiger partial charge in [0.2, 0.25) is 0 Å². The van der Waals surface area contributed by atoms with Gasteiger partial charge < -0.3 is 5.73 Å². The highest BCUT2D eigenvalue weighted by Crippen LogP contribution is 2.35. The number of nitrogens with two attached hydrogens (primary N) is 1. The van der Waals surface area contributed by atoms with Gasteiger partial charge in [-0.05, 0) is 39.7 Å². The van der Waals surface area contributed by atoms with Gasteiger partial charge in [0.05, 0.1) is 5.69 Å². The van der Waals surface area contributed by atoms with Crippen molar-refractivity contribution in [1.82, 2.24) is 9.78 Å². The highest BCUT2D eigenvalue weighted by molar-refractivity contribution is 5.18. The van der Waals surface area contributed by atoms with E-state index in [9.17, 15) is 0 Å². The molecule has 16 heavy (non-hydrogen) atoms. The maximum atomic E-state index is 5.92. The van der Waals surface area contributed by atoms with Crippen molar-refractivity contribution >= 4 is 0 Å². The molecule has 2 rings (SSSR count). The second-order valence-electron chi connectivity index (χ2n) is 5.30. The molecule has 0 aliphatic heterocycles. The van der Waals surface area contributed by atoms with E-state index < -0.39 is 0 Å². The fourth-order valence-corrected chi connectivity index (χ4v) is 2.59. The summed E-state index contributed by atoms with van der Waals surface area (Å²) in [6, 6.07) is 2.70. The monoisotopic (exact) mass is 221 g/mol. The lowest BCUT2D eigenvalue weighted by molar-refractivity contribution is 0.479. The summed E-state index contributed by atoms with van der Waals surface area (Å²) in [5.74, 6) is 0.711. The fraction of sp³-hybridized carbons (Fsp3) is 0.769. The number of hydrogen-bond donors (Lipinski definition) is 1. The van der Waals surface area contributed by atoms with Crippen molar-refractivity contribution in [2.24, 2.45) is 5.73 Å². The Morgan fingerprint density at radius 1 is 1.31 bits per heavy atom. The van der Waals surface area contributed by atoms with Gasteiger partial charge in [0.1, 0.15) is 0 Å². The zero-order valence-corrected chi connectivity index (χ0v) is 10.6.